The van der Waals surface area contributed by atoms with Crippen molar-refractivity contribution < 1.29 is 9.47 Å². The van der Waals surface area contributed by atoms with Crippen LogP contribution < -0.4 is 11.3 Å². The SMILES string of the molecule is NNc1nc(C2CC3CCC2O3)nc2c1COCC2. The molecule has 3 atom stereocenters. The van der Waals surface area contributed by atoms with Crippen molar-refractivity contribution in [1.29, 1.82) is 0 Å². The molecule has 0 aliphatic carbocycles. The maximum atomic E-state index is 5.90. The quantitative estimate of drug-likeness (QED) is 0.608. The molecule has 2 saturated heterocycles. The standard InChI is InChI=1S/C13H18N4O2/c14-17-13-9-6-18-4-3-10(9)15-12(16-13)8-5-7-1-2-11(8)19-7/h7-8,11H,1-6,14H2,(H,15,16,17). The van der Waals surface area contributed by atoms with E-state index in [9.17, 15) is 0 Å². The lowest BCUT2D eigenvalue weighted by molar-refractivity contribution is 0.0993. The number of anilines is 1. The number of hydrazine groups is 1. The summed E-state index contributed by atoms with van der Waals surface area (Å²) in [6.45, 7) is 1.27. The van der Waals surface area contributed by atoms with Crippen LogP contribution in [0, 0.1) is 0 Å². The average Bonchev–Trinajstić information content (AvgIpc) is 3.08. The molecule has 1 aromatic rings. The molecule has 6 heteroatoms. The summed E-state index contributed by atoms with van der Waals surface area (Å²) in [5.41, 5.74) is 4.77. The summed E-state index contributed by atoms with van der Waals surface area (Å²) in [5.74, 6) is 7.52. The molecule has 19 heavy (non-hydrogen) atoms. The summed E-state index contributed by atoms with van der Waals surface area (Å²) in [6, 6.07) is 0. The summed E-state index contributed by atoms with van der Waals surface area (Å²) in [5, 5.41) is 0. The molecule has 2 fully saturated rings. The minimum atomic E-state index is 0.300. The number of nitrogens with two attached hydrogens (primary N) is 1. The van der Waals surface area contributed by atoms with Crippen LogP contribution in [0.1, 0.15) is 42.3 Å². The van der Waals surface area contributed by atoms with Crippen LogP contribution in [0.4, 0.5) is 5.82 Å². The van der Waals surface area contributed by atoms with Gasteiger partial charge in [0.25, 0.3) is 0 Å². The Bertz CT molecular complexity index is 490. The van der Waals surface area contributed by atoms with Crippen LogP contribution in [-0.2, 0) is 22.5 Å². The highest BCUT2D eigenvalue weighted by Gasteiger charge is 2.43. The molecule has 3 unspecified atom stereocenters. The Balaban J connectivity index is 1.72. The van der Waals surface area contributed by atoms with Crippen molar-refractivity contribution >= 4 is 5.82 Å². The first-order chi connectivity index (χ1) is 9.35. The van der Waals surface area contributed by atoms with Gasteiger partial charge in [0.05, 0.1) is 31.1 Å². The van der Waals surface area contributed by atoms with Gasteiger partial charge in [0, 0.05) is 17.9 Å². The third-order valence-corrected chi connectivity index (χ3v) is 4.41. The lowest BCUT2D eigenvalue weighted by Crippen LogP contribution is -2.24. The second kappa shape index (κ2) is 4.40. The van der Waals surface area contributed by atoms with Crippen LogP contribution >= 0.6 is 0 Å². The number of aromatic nitrogens is 2. The van der Waals surface area contributed by atoms with Crippen LogP contribution in [0.5, 0.6) is 0 Å². The topological polar surface area (TPSA) is 82.3 Å². The first-order valence-corrected chi connectivity index (χ1v) is 6.94. The summed E-state index contributed by atoms with van der Waals surface area (Å²) in [6.07, 6.45) is 4.90. The fraction of sp³-hybridized carbons (Fsp3) is 0.692. The lowest BCUT2D eigenvalue weighted by atomic mass is 9.88. The Morgan fingerprint density at radius 1 is 1.26 bits per heavy atom. The third kappa shape index (κ3) is 1.82. The fourth-order valence-electron chi connectivity index (χ4n) is 3.45. The molecule has 102 valence electrons. The summed E-state index contributed by atoms with van der Waals surface area (Å²) in [7, 11) is 0. The minimum absolute atomic E-state index is 0.300. The lowest BCUT2D eigenvalue weighted by Gasteiger charge is -2.23. The normalized spacial score (nSPS) is 32.4. The first-order valence-electron chi connectivity index (χ1n) is 6.94. The van der Waals surface area contributed by atoms with E-state index in [2.05, 4.69) is 10.4 Å². The summed E-state index contributed by atoms with van der Waals surface area (Å²) >= 11 is 0. The molecule has 0 aromatic carbocycles. The highest BCUT2D eigenvalue weighted by atomic mass is 16.5. The molecule has 0 saturated carbocycles. The molecule has 3 aliphatic rings. The third-order valence-electron chi connectivity index (χ3n) is 4.41. The molecule has 4 rings (SSSR count). The molecule has 3 aliphatic heterocycles. The molecule has 4 heterocycles. The van der Waals surface area contributed by atoms with Crippen LogP contribution in [0.15, 0.2) is 0 Å². The molecular formula is C13H18N4O2. The van der Waals surface area contributed by atoms with Gasteiger partial charge in [-0.15, -0.1) is 0 Å². The van der Waals surface area contributed by atoms with E-state index in [0.29, 0.717) is 30.6 Å². The molecule has 0 spiro atoms. The Hall–Kier alpha value is -1.24. The number of fused-ring (bicyclic) bond motifs is 3. The number of ether oxygens (including phenoxy) is 2. The number of hydrogen-bond acceptors (Lipinski definition) is 6. The predicted octanol–water partition coefficient (Wildman–Crippen LogP) is 0.870. The molecule has 1 aromatic heterocycles. The fourth-order valence-corrected chi connectivity index (χ4v) is 3.45. The Kier molecular flexibility index (Phi) is 2.68. The number of rotatable bonds is 2. The maximum Gasteiger partial charge on any atom is 0.149 e. The van der Waals surface area contributed by atoms with Crippen molar-refractivity contribution in [3.63, 3.8) is 0 Å². The van der Waals surface area contributed by atoms with Crippen molar-refractivity contribution in [2.24, 2.45) is 5.84 Å². The van der Waals surface area contributed by atoms with Crippen LogP contribution in [0.2, 0.25) is 0 Å². The van der Waals surface area contributed by atoms with Gasteiger partial charge in [0.1, 0.15) is 11.6 Å². The zero-order valence-electron chi connectivity index (χ0n) is 10.8. The van der Waals surface area contributed by atoms with Gasteiger partial charge >= 0.3 is 0 Å². The van der Waals surface area contributed by atoms with Crippen molar-refractivity contribution in [2.45, 2.75) is 50.4 Å². The maximum absolute atomic E-state index is 5.90. The molecular weight excluding hydrogens is 244 g/mol. The molecule has 2 bridgehead atoms. The van der Waals surface area contributed by atoms with E-state index >= 15 is 0 Å². The van der Waals surface area contributed by atoms with Gasteiger partial charge in [-0.25, -0.2) is 15.8 Å². The largest absolute Gasteiger partial charge is 0.376 e. The van der Waals surface area contributed by atoms with Gasteiger partial charge in [-0.05, 0) is 19.3 Å². The van der Waals surface area contributed by atoms with Gasteiger partial charge < -0.3 is 14.9 Å². The second-order valence-electron chi connectivity index (χ2n) is 5.52. The predicted molar refractivity (Wildman–Crippen MR) is 68.5 cm³/mol. The Labute approximate surface area is 111 Å². The van der Waals surface area contributed by atoms with Gasteiger partial charge in [-0.1, -0.05) is 0 Å². The van der Waals surface area contributed by atoms with Crippen molar-refractivity contribution in [1.82, 2.24) is 9.97 Å². The van der Waals surface area contributed by atoms with E-state index in [-0.39, 0.29) is 0 Å². The van der Waals surface area contributed by atoms with E-state index in [4.69, 9.17) is 20.3 Å². The Morgan fingerprint density at radius 2 is 2.21 bits per heavy atom. The highest BCUT2D eigenvalue weighted by Crippen LogP contribution is 2.43. The van der Waals surface area contributed by atoms with Gasteiger partial charge in [-0.2, -0.15) is 0 Å². The number of nitrogen functional groups attached to an aromatic ring is 1. The molecule has 0 amide bonds. The summed E-state index contributed by atoms with van der Waals surface area (Å²) < 4.78 is 11.4. The monoisotopic (exact) mass is 262 g/mol. The summed E-state index contributed by atoms with van der Waals surface area (Å²) in [4.78, 5) is 9.35. The van der Waals surface area contributed by atoms with Gasteiger partial charge in [0.2, 0.25) is 0 Å². The molecule has 0 radical (unpaired) electrons. The van der Waals surface area contributed by atoms with E-state index < -0.39 is 0 Å². The van der Waals surface area contributed by atoms with Crippen LogP contribution in [-0.4, -0.2) is 28.8 Å². The van der Waals surface area contributed by atoms with Gasteiger partial charge in [0.15, 0.2) is 0 Å². The number of nitrogens with one attached hydrogen (secondary N) is 1. The van der Waals surface area contributed by atoms with Gasteiger partial charge in [-0.3, -0.25) is 0 Å². The number of hydrogen-bond donors (Lipinski definition) is 2. The van der Waals surface area contributed by atoms with Crippen molar-refractivity contribution in [2.75, 3.05) is 12.0 Å². The van der Waals surface area contributed by atoms with E-state index in [0.717, 1.165) is 43.0 Å². The minimum Gasteiger partial charge on any atom is -0.376 e. The van der Waals surface area contributed by atoms with E-state index in [1.54, 1.807) is 0 Å². The molecule has 6 nitrogen and oxygen atoms in total. The zero-order valence-corrected chi connectivity index (χ0v) is 10.8. The zero-order chi connectivity index (χ0) is 12.8. The van der Waals surface area contributed by atoms with Crippen LogP contribution in [0.25, 0.3) is 0 Å². The number of nitrogens with zero attached hydrogens (tertiary/aromatic N) is 2. The highest BCUT2D eigenvalue weighted by molar-refractivity contribution is 5.46. The Morgan fingerprint density at radius 3 is 2.95 bits per heavy atom. The van der Waals surface area contributed by atoms with E-state index in [1.807, 2.05) is 0 Å². The van der Waals surface area contributed by atoms with E-state index in [1.165, 1.54) is 6.42 Å². The average molecular weight is 262 g/mol. The molecule has 3 N–H and O–H groups in total. The smallest absolute Gasteiger partial charge is 0.149 e. The van der Waals surface area contributed by atoms with Crippen LogP contribution in [0.3, 0.4) is 0 Å². The first kappa shape index (κ1) is 11.6. The second-order valence-corrected chi connectivity index (χ2v) is 5.52. The van der Waals surface area contributed by atoms with Crippen molar-refractivity contribution in [3.8, 4) is 0 Å². The van der Waals surface area contributed by atoms with Crippen molar-refractivity contribution in [3.05, 3.63) is 17.1 Å².